The van der Waals surface area contributed by atoms with Crippen LogP contribution in [0.3, 0.4) is 0 Å². The number of amides is 1. The van der Waals surface area contributed by atoms with E-state index in [9.17, 15) is 4.79 Å². The molecule has 1 aliphatic rings. The number of thioether (sulfide) groups is 1. The lowest BCUT2D eigenvalue weighted by atomic mass is 10.0. The second-order valence-corrected chi connectivity index (χ2v) is 5.95. The zero-order valence-corrected chi connectivity index (χ0v) is 12.5. The molecule has 3 nitrogen and oxygen atoms in total. The van der Waals surface area contributed by atoms with Gasteiger partial charge in [0, 0.05) is 36.6 Å². The van der Waals surface area contributed by atoms with Crippen LogP contribution in [0.25, 0.3) is 0 Å². The standard InChI is InChI=1S/C16H19NO2S/c1-13-5-6-15(14(12-13)4-2-3-9-18)16(19)17-7-10-20-11-8-17/h5-6,12,18H,3,7-11H2,1H3. The molecule has 106 valence electrons. The van der Waals surface area contributed by atoms with Crippen LogP contribution in [0.2, 0.25) is 0 Å². The van der Waals surface area contributed by atoms with Crippen LogP contribution in [0.1, 0.15) is 27.9 Å². The topological polar surface area (TPSA) is 40.5 Å². The Morgan fingerprint density at radius 2 is 2.15 bits per heavy atom. The van der Waals surface area contributed by atoms with E-state index < -0.39 is 0 Å². The molecule has 2 rings (SSSR count). The van der Waals surface area contributed by atoms with Crippen molar-refractivity contribution >= 4 is 17.7 Å². The lowest BCUT2D eigenvalue weighted by Crippen LogP contribution is -2.38. The van der Waals surface area contributed by atoms with Crippen molar-refractivity contribution in [2.24, 2.45) is 0 Å². The Morgan fingerprint density at radius 3 is 2.85 bits per heavy atom. The monoisotopic (exact) mass is 289 g/mol. The molecule has 0 atom stereocenters. The third-order valence-electron chi connectivity index (χ3n) is 3.16. The molecule has 1 aromatic carbocycles. The van der Waals surface area contributed by atoms with E-state index in [2.05, 4.69) is 11.8 Å². The maximum Gasteiger partial charge on any atom is 0.255 e. The average molecular weight is 289 g/mol. The van der Waals surface area contributed by atoms with E-state index in [1.807, 2.05) is 41.8 Å². The molecule has 1 amide bonds. The van der Waals surface area contributed by atoms with Crippen molar-refractivity contribution in [3.8, 4) is 11.8 Å². The van der Waals surface area contributed by atoms with Gasteiger partial charge in [0.15, 0.2) is 0 Å². The highest BCUT2D eigenvalue weighted by molar-refractivity contribution is 7.99. The van der Waals surface area contributed by atoms with Gasteiger partial charge in [-0.1, -0.05) is 17.9 Å². The zero-order chi connectivity index (χ0) is 14.4. The largest absolute Gasteiger partial charge is 0.395 e. The summed E-state index contributed by atoms with van der Waals surface area (Å²) < 4.78 is 0. The number of carbonyl (C=O) groups excluding carboxylic acids is 1. The minimum absolute atomic E-state index is 0.0471. The smallest absolute Gasteiger partial charge is 0.255 e. The van der Waals surface area contributed by atoms with Gasteiger partial charge in [-0.25, -0.2) is 0 Å². The summed E-state index contributed by atoms with van der Waals surface area (Å²) in [5.41, 5.74) is 2.53. The summed E-state index contributed by atoms with van der Waals surface area (Å²) in [6, 6.07) is 5.75. The molecular formula is C16H19NO2S. The summed E-state index contributed by atoms with van der Waals surface area (Å²) >= 11 is 1.89. The maximum absolute atomic E-state index is 12.6. The first-order valence-electron chi connectivity index (χ1n) is 6.80. The van der Waals surface area contributed by atoms with Gasteiger partial charge in [0.25, 0.3) is 5.91 Å². The fraction of sp³-hybridized carbons (Fsp3) is 0.438. The van der Waals surface area contributed by atoms with Crippen molar-refractivity contribution in [1.82, 2.24) is 4.90 Å². The number of nitrogens with zero attached hydrogens (tertiary/aromatic N) is 1. The minimum Gasteiger partial charge on any atom is -0.395 e. The molecule has 1 fully saturated rings. The van der Waals surface area contributed by atoms with Crippen LogP contribution in [0.15, 0.2) is 18.2 Å². The lowest BCUT2D eigenvalue weighted by molar-refractivity contribution is 0.0772. The van der Waals surface area contributed by atoms with Crippen LogP contribution in [0.5, 0.6) is 0 Å². The number of aliphatic hydroxyl groups is 1. The summed E-state index contributed by atoms with van der Waals surface area (Å²) in [6.07, 6.45) is 0.432. The Balaban J connectivity index is 2.25. The molecule has 0 aromatic heterocycles. The van der Waals surface area contributed by atoms with Crippen molar-refractivity contribution in [3.05, 3.63) is 34.9 Å². The Labute approximate surface area is 124 Å². The van der Waals surface area contributed by atoms with Gasteiger partial charge in [0.2, 0.25) is 0 Å². The molecule has 0 bridgehead atoms. The van der Waals surface area contributed by atoms with E-state index in [4.69, 9.17) is 5.11 Å². The molecule has 0 unspecified atom stereocenters. The number of aryl methyl sites for hydroxylation is 1. The number of benzene rings is 1. The van der Waals surface area contributed by atoms with Crippen LogP contribution in [0, 0.1) is 18.8 Å². The third kappa shape index (κ3) is 3.78. The summed E-state index contributed by atoms with van der Waals surface area (Å²) in [4.78, 5) is 14.5. The first-order chi connectivity index (χ1) is 9.72. The van der Waals surface area contributed by atoms with Crippen molar-refractivity contribution in [2.75, 3.05) is 31.2 Å². The first-order valence-corrected chi connectivity index (χ1v) is 7.95. The van der Waals surface area contributed by atoms with Crippen molar-refractivity contribution < 1.29 is 9.90 Å². The Bertz CT molecular complexity index is 539. The Hall–Kier alpha value is -1.44. The number of carbonyl (C=O) groups is 1. The molecule has 1 N–H and O–H groups in total. The molecule has 1 saturated heterocycles. The van der Waals surface area contributed by atoms with E-state index in [0.717, 1.165) is 35.7 Å². The van der Waals surface area contributed by atoms with Gasteiger partial charge in [-0.3, -0.25) is 4.79 Å². The normalized spacial score (nSPS) is 14.6. The Kier molecular flexibility index (Phi) is 5.51. The van der Waals surface area contributed by atoms with Crippen molar-refractivity contribution in [1.29, 1.82) is 0 Å². The Morgan fingerprint density at radius 1 is 1.40 bits per heavy atom. The maximum atomic E-state index is 12.6. The zero-order valence-electron chi connectivity index (χ0n) is 11.7. The molecule has 1 aromatic rings. The predicted molar refractivity (Wildman–Crippen MR) is 83.0 cm³/mol. The molecule has 0 aliphatic carbocycles. The van der Waals surface area contributed by atoms with Gasteiger partial charge in [-0.15, -0.1) is 0 Å². The highest BCUT2D eigenvalue weighted by atomic mass is 32.2. The quantitative estimate of drug-likeness (QED) is 0.846. The molecule has 1 heterocycles. The van der Waals surface area contributed by atoms with Crippen LogP contribution < -0.4 is 0 Å². The van der Waals surface area contributed by atoms with Crippen molar-refractivity contribution in [3.63, 3.8) is 0 Å². The minimum atomic E-state index is 0.0471. The van der Waals surface area contributed by atoms with Gasteiger partial charge in [-0.05, 0) is 24.6 Å². The molecule has 0 radical (unpaired) electrons. The van der Waals surface area contributed by atoms with Gasteiger partial charge in [0.05, 0.1) is 12.2 Å². The van der Waals surface area contributed by atoms with Gasteiger partial charge < -0.3 is 10.0 Å². The van der Waals surface area contributed by atoms with Crippen LogP contribution in [-0.4, -0.2) is 47.1 Å². The molecule has 0 spiro atoms. The average Bonchev–Trinajstić information content (AvgIpc) is 2.48. The highest BCUT2D eigenvalue weighted by Crippen LogP contribution is 2.17. The second kappa shape index (κ2) is 7.37. The molecule has 4 heteroatoms. The van der Waals surface area contributed by atoms with Crippen LogP contribution in [0.4, 0.5) is 0 Å². The van der Waals surface area contributed by atoms with Gasteiger partial charge in [-0.2, -0.15) is 11.8 Å². The van der Waals surface area contributed by atoms with E-state index >= 15 is 0 Å². The fourth-order valence-corrected chi connectivity index (χ4v) is 3.00. The summed E-state index contributed by atoms with van der Waals surface area (Å²) in [7, 11) is 0. The number of rotatable bonds is 2. The number of hydrogen-bond donors (Lipinski definition) is 1. The summed E-state index contributed by atoms with van der Waals surface area (Å²) in [6.45, 7) is 3.65. The van der Waals surface area contributed by atoms with E-state index in [1.54, 1.807) is 0 Å². The second-order valence-electron chi connectivity index (χ2n) is 4.73. The molecule has 0 saturated carbocycles. The predicted octanol–water partition coefficient (Wildman–Crippen LogP) is 1.92. The van der Waals surface area contributed by atoms with Crippen LogP contribution >= 0.6 is 11.8 Å². The first kappa shape index (κ1) is 15.0. The van der Waals surface area contributed by atoms with E-state index in [-0.39, 0.29) is 12.5 Å². The lowest BCUT2D eigenvalue weighted by Gasteiger charge is -2.26. The van der Waals surface area contributed by atoms with Gasteiger partial charge in [0.1, 0.15) is 0 Å². The number of hydrogen-bond acceptors (Lipinski definition) is 3. The molecule has 20 heavy (non-hydrogen) atoms. The summed E-state index contributed by atoms with van der Waals surface area (Å²) in [5, 5.41) is 8.80. The van der Waals surface area contributed by atoms with E-state index in [1.165, 1.54) is 0 Å². The molecule has 1 aliphatic heterocycles. The summed E-state index contributed by atoms with van der Waals surface area (Å²) in [5.74, 6) is 7.99. The molecular weight excluding hydrogens is 270 g/mol. The van der Waals surface area contributed by atoms with Crippen molar-refractivity contribution in [2.45, 2.75) is 13.3 Å². The SMILES string of the molecule is Cc1ccc(C(=O)N2CCSCC2)c(C#CCCO)c1. The third-order valence-corrected chi connectivity index (χ3v) is 4.11. The number of aliphatic hydroxyl groups excluding tert-OH is 1. The van der Waals surface area contributed by atoms with Gasteiger partial charge >= 0.3 is 0 Å². The highest BCUT2D eigenvalue weighted by Gasteiger charge is 2.20. The fourth-order valence-electron chi connectivity index (χ4n) is 2.10. The van der Waals surface area contributed by atoms with E-state index in [0.29, 0.717) is 12.0 Å². The van der Waals surface area contributed by atoms with Crippen LogP contribution in [-0.2, 0) is 0 Å².